The molecule has 0 spiro atoms. The lowest BCUT2D eigenvalue weighted by Crippen LogP contribution is -2.37. The second-order valence-corrected chi connectivity index (χ2v) is 5.05. The van der Waals surface area contributed by atoms with Gasteiger partial charge in [0.1, 0.15) is 0 Å². The average molecular weight is 235 g/mol. The summed E-state index contributed by atoms with van der Waals surface area (Å²) in [6.07, 6.45) is 0. The average Bonchev–Trinajstić information content (AvgIpc) is 2.30. The Kier molecular flexibility index (Phi) is 3.94. The normalized spacial score (nSPS) is 13.3. The summed E-state index contributed by atoms with van der Waals surface area (Å²) in [6.45, 7) is 7.64. The first-order chi connectivity index (χ1) is 7.80. The summed E-state index contributed by atoms with van der Waals surface area (Å²) in [6, 6.07) is 5.73. The van der Waals surface area contributed by atoms with E-state index in [-0.39, 0.29) is 12.0 Å². The van der Waals surface area contributed by atoms with E-state index in [1.165, 1.54) is 7.11 Å². The summed E-state index contributed by atoms with van der Waals surface area (Å²) < 4.78 is 4.81. The second kappa shape index (κ2) is 4.88. The zero-order chi connectivity index (χ0) is 13.2. The van der Waals surface area contributed by atoms with E-state index in [1.54, 1.807) is 0 Å². The van der Waals surface area contributed by atoms with E-state index in [2.05, 4.69) is 0 Å². The minimum Gasteiger partial charge on any atom is -0.469 e. The summed E-state index contributed by atoms with van der Waals surface area (Å²) in [4.78, 5) is 11.7. The van der Waals surface area contributed by atoms with Gasteiger partial charge >= 0.3 is 5.97 Å². The number of nitrogens with two attached hydrogens (primary N) is 1. The largest absolute Gasteiger partial charge is 0.469 e. The molecular formula is C14H21NO2. The van der Waals surface area contributed by atoms with Gasteiger partial charge in [0.25, 0.3) is 0 Å². The minimum atomic E-state index is -0.729. The summed E-state index contributed by atoms with van der Waals surface area (Å²) in [5, 5.41) is 0. The van der Waals surface area contributed by atoms with Crippen molar-refractivity contribution < 1.29 is 9.53 Å². The number of esters is 1. The van der Waals surface area contributed by atoms with Gasteiger partial charge in [-0.15, -0.1) is 0 Å². The van der Waals surface area contributed by atoms with Crippen LogP contribution >= 0.6 is 0 Å². The summed E-state index contributed by atoms with van der Waals surface area (Å²) in [5.41, 5.74) is 8.73. The van der Waals surface area contributed by atoms with Crippen molar-refractivity contribution in [2.45, 2.75) is 33.7 Å². The van der Waals surface area contributed by atoms with Crippen LogP contribution < -0.4 is 5.73 Å². The van der Waals surface area contributed by atoms with E-state index >= 15 is 0 Å². The Morgan fingerprint density at radius 1 is 1.35 bits per heavy atom. The first-order valence-electron chi connectivity index (χ1n) is 5.72. The zero-order valence-corrected chi connectivity index (χ0v) is 11.2. The molecule has 0 heterocycles. The number of carbonyl (C=O) groups is 1. The van der Waals surface area contributed by atoms with Crippen LogP contribution in [0.3, 0.4) is 0 Å². The Balaban J connectivity index is 3.15. The molecule has 1 aromatic rings. The predicted molar refractivity (Wildman–Crippen MR) is 68.6 cm³/mol. The Morgan fingerprint density at radius 3 is 2.47 bits per heavy atom. The molecule has 1 rings (SSSR count). The van der Waals surface area contributed by atoms with E-state index in [4.69, 9.17) is 10.5 Å². The molecule has 0 bridgehead atoms. The highest BCUT2D eigenvalue weighted by molar-refractivity contribution is 5.77. The predicted octanol–water partition coefficient (Wildman–Crippen LogP) is 2.50. The summed E-state index contributed by atoms with van der Waals surface area (Å²) in [5.74, 6) is -0.286. The highest BCUT2D eigenvalue weighted by Gasteiger charge is 2.37. The molecule has 0 saturated carbocycles. The lowest BCUT2D eigenvalue weighted by atomic mass is 9.79. The van der Waals surface area contributed by atoms with Gasteiger partial charge in [-0.1, -0.05) is 23.8 Å². The lowest BCUT2D eigenvalue weighted by molar-refractivity contribution is -0.152. The van der Waals surface area contributed by atoms with Crippen LogP contribution in [-0.2, 0) is 9.53 Å². The molecular weight excluding hydrogens is 214 g/mol. The van der Waals surface area contributed by atoms with Crippen molar-refractivity contribution in [3.63, 3.8) is 0 Å². The van der Waals surface area contributed by atoms with Crippen molar-refractivity contribution in [1.82, 2.24) is 0 Å². The summed E-state index contributed by atoms with van der Waals surface area (Å²) in [7, 11) is 1.39. The molecule has 0 aliphatic carbocycles. The van der Waals surface area contributed by atoms with Crippen LogP contribution in [0.1, 0.15) is 36.6 Å². The lowest BCUT2D eigenvalue weighted by Gasteiger charge is -2.30. The van der Waals surface area contributed by atoms with Gasteiger partial charge in [0.2, 0.25) is 0 Å². The van der Waals surface area contributed by atoms with Crippen LogP contribution in [0.2, 0.25) is 0 Å². The fourth-order valence-corrected chi connectivity index (χ4v) is 1.87. The molecule has 94 valence electrons. The highest BCUT2D eigenvalue weighted by Crippen LogP contribution is 2.34. The Labute approximate surface area is 103 Å². The molecule has 0 unspecified atom stereocenters. The van der Waals surface area contributed by atoms with Crippen molar-refractivity contribution in [3.05, 3.63) is 34.9 Å². The van der Waals surface area contributed by atoms with Crippen LogP contribution in [0.4, 0.5) is 0 Å². The number of aryl methyl sites for hydroxylation is 2. The smallest absolute Gasteiger partial charge is 0.313 e. The van der Waals surface area contributed by atoms with Crippen molar-refractivity contribution >= 4 is 5.97 Å². The molecule has 0 aliphatic heterocycles. The molecule has 0 aliphatic rings. The van der Waals surface area contributed by atoms with E-state index < -0.39 is 5.41 Å². The number of hydrogen-bond acceptors (Lipinski definition) is 3. The molecule has 17 heavy (non-hydrogen) atoms. The van der Waals surface area contributed by atoms with Gasteiger partial charge in [0, 0.05) is 6.04 Å². The van der Waals surface area contributed by atoms with Crippen molar-refractivity contribution in [2.75, 3.05) is 7.11 Å². The number of benzene rings is 1. The van der Waals surface area contributed by atoms with E-state index in [1.807, 2.05) is 45.9 Å². The third-order valence-corrected chi connectivity index (χ3v) is 3.26. The maximum Gasteiger partial charge on any atom is 0.313 e. The molecule has 3 heteroatoms. The first kappa shape index (κ1) is 13.7. The number of hydrogen-bond donors (Lipinski definition) is 1. The number of rotatable bonds is 3. The Bertz CT molecular complexity index is 424. The molecule has 0 saturated heterocycles. The Hall–Kier alpha value is -1.35. The van der Waals surface area contributed by atoms with Crippen LogP contribution in [0.25, 0.3) is 0 Å². The highest BCUT2D eigenvalue weighted by atomic mass is 16.5. The maximum absolute atomic E-state index is 11.7. The number of carbonyl (C=O) groups excluding carboxylic acids is 1. The Morgan fingerprint density at radius 2 is 1.94 bits per heavy atom. The van der Waals surface area contributed by atoms with Crippen LogP contribution in [0.15, 0.2) is 18.2 Å². The third-order valence-electron chi connectivity index (χ3n) is 3.26. The number of ether oxygens (including phenoxy) is 1. The summed E-state index contributed by atoms with van der Waals surface area (Å²) >= 11 is 0. The molecule has 0 radical (unpaired) electrons. The SMILES string of the molecule is COC(=O)C(C)(C)[C@@H](N)c1cc(C)ccc1C. The first-order valence-corrected chi connectivity index (χ1v) is 5.72. The molecule has 1 atom stereocenters. The van der Waals surface area contributed by atoms with Crippen LogP contribution in [0.5, 0.6) is 0 Å². The van der Waals surface area contributed by atoms with Crippen LogP contribution in [0, 0.1) is 19.3 Å². The topological polar surface area (TPSA) is 52.3 Å². The molecule has 1 aromatic carbocycles. The fraction of sp³-hybridized carbons (Fsp3) is 0.500. The number of methoxy groups -OCH3 is 1. The van der Waals surface area contributed by atoms with Gasteiger partial charge in [-0.2, -0.15) is 0 Å². The van der Waals surface area contributed by atoms with E-state index in [0.29, 0.717) is 0 Å². The van der Waals surface area contributed by atoms with Crippen LogP contribution in [-0.4, -0.2) is 13.1 Å². The minimum absolute atomic E-state index is 0.286. The third kappa shape index (κ3) is 2.67. The van der Waals surface area contributed by atoms with Gasteiger partial charge < -0.3 is 10.5 Å². The van der Waals surface area contributed by atoms with Gasteiger partial charge in [-0.05, 0) is 38.8 Å². The van der Waals surface area contributed by atoms with Gasteiger partial charge in [0.15, 0.2) is 0 Å². The maximum atomic E-state index is 11.7. The fourth-order valence-electron chi connectivity index (χ4n) is 1.87. The second-order valence-electron chi connectivity index (χ2n) is 5.05. The van der Waals surface area contributed by atoms with Gasteiger partial charge in [0.05, 0.1) is 12.5 Å². The van der Waals surface area contributed by atoms with Crippen molar-refractivity contribution in [1.29, 1.82) is 0 Å². The standard InChI is InChI=1S/C14H21NO2/c1-9-6-7-10(2)11(8-9)12(15)14(3,4)13(16)17-5/h6-8,12H,15H2,1-5H3/t12-/m0/s1. The quantitative estimate of drug-likeness (QED) is 0.819. The molecule has 3 nitrogen and oxygen atoms in total. The van der Waals surface area contributed by atoms with E-state index in [9.17, 15) is 4.79 Å². The molecule has 0 aromatic heterocycles. The van der Waals surface area contributed by atoms with Crippen molar-refractivity contribution in [3.8, 4) is 0 Å². The molecule has 0 fully saturated rings. The van der Waals surface area contributed by atoms with Gasteiger partial charge in [-0.3, -0.25) is 4.79 Å². The monoisotopic (exact) mass is 235 g/mol. The zero-order valence-electron chi connectivity index (χ0n) is 11.2. The molecule has 2 N–H and O–H groups in total. The molecule has 0 amide bonds. The van der Waals surface area contributed by atoms with Crippen molar-refractivity contribution in [2.24, 2.45) is 11.1 Å². The van der Waals surface area contributed by atoms with E-state index in [0.717, 1.165) is 16.7 Å². The van der Waals surface area contributed by atoms with Gasteiger partial charge in [-0.25, -0.2) is 0 Å².